The number of amides is 1. The van der Waals surface area contributed by atoms with E-state index >= 15 is 0 Å². The maximum absolute atomic E-state index is 13.0. The molecule has 0 spiro atoms. The molecular weight excluding hydrogens is 418 g/mol. The van der Waals surface area contributed by atoms with E-state index in [1.165, 1.54) is 11.0 Å². The molecule has 1 fully saturated rings. The van der Waals surface area contributed by atoms with Crippen LogP contribution in [0, 0.1) is 0 Å². The Kier molecular flexibility index (Phi) is 6.88. The molecule has 2 unspecified atom stereocenters. The molecule has 1 aromatic heterocycles. The van der Waals surface area contributed by atoms with Gasteiger partial charge in [0.15, 0.2) is 11.3 Å². The van der Waals surface area contributed by atoms with Gasteiger partial charge in [-0.15, -0.1) is 0 Å². The quantitative estimate of drug-likeness (QED) is 0.754. The number of ether oxygens (including phenoxy) is 1. The average Bonchev–Trinajstić information content (AvgIpc) is 2.72. The van der Waals surface area contributed by atoms with Crippen LogP contribution in [0.15, 0.2) is 27.4 Å². The summed E-state index contributed by atoms with van der Waals surface area (Å²) < 4.78 is 26.9. The molecule has 170 valence electrons. The van der Waals surface area contributed by atoms with Crippen molar-refractivity contribution in [2.75, 3.05) is 45.3 Å². The Morgan fingerprint density at radius 2 is 1.84 bits per heavy atom. The minimum absolute atomic E-state index is 0.219. The zero-order chi connectivity index (χ0) is 22.9. The zero-order valence-corrected chi connectivity index (χ0v) is 19.8. The van der Waals surface area contributed by atoms with E-state index in [2.05, 4.69) is 4.72 Å². The van der Waals surface area contributed by atoms with E-state index in [0.29, 0.717) is 54.3 Å². The van der Waals surface area contributed by atoms with Gasteiger partial charge in [0.05, 0.1) is 34.3 Å². The molecule has 2 heterocycles. The highest BCUT2D eigenvalue weighted by atomic mass is 32.2. The van der Waals surface area contributed by atoms with Crippen LogP contribution in [0.4, 0.5) is 5.88 Å². The smallest absolute Gasteiger partial charge is 0.253 e. The van der Waals surface area contributed by atoms with Gasteiger partial charge in [-0.05, 0) is 39.8 Å². The van der Waals surface area contributed by atoms with Gasteiger partial charge >= 0.3 is 0 Å². The number of benzene rings is 1. The SMILES string of the molecule is CC(NS(=O)C(C)(C)C)c1cc(C(=O)N(C)C)cc2c(=O)cc(N3CCOCC3)oc12. The van der Waals surface area contributed by atoms with Gasteiger partial charge in [-0.1, -0.05) is 0 Å². The molecule has 1 aliphatic heterocycles. The van der Waals surface area contributed by atoms with Gasteiger partial charge in [0.1, 0.15) is 5.58 Å². The average molecular weight is 450 g/mol. The Labute approximate surface area is 185 Å². The molecule has 3 rings (SSSR count). The van der Waals surface area contributed by atoms with E-state index in [1.807, 2.05) is 32.6 Å². The van der Waals surface area contributed by atoms with Crippen LogP contribution >= 0.6 is 0 Å². The fourth-order valence-corrected chi connectivity index (χ4v) is 4.12. The summed E-state index contributed by atoms with van der Waals surface area (Å²) in [6, 6.07) is 4.34. The van der Waals surface area contributed by atoms with Crippen LogP contribution in [0.1, 0.15) is 49.7 Å². The predicted molar refractivity (Wildman–Crippen MR) is 123 cm³/mol. The van der Waals surface area contributed by atoms with Crippen LogP contribution in [0.25, 0.3) is 11.0 Å². The van der Waals surface area contributed by atoms with Crippen molar-refractivity contribution >= 4 is 33.7 Å². The number of rotatable bonds is 5. The van der Waals surface area contributed by atoms with Crippen molar-refractivity contribution in [3.05, 3.63) is 39.5 Å². The van der Waals surface area contributed by atoms with E-state index < -0.39 is 21.8 Å². The molecule has 0 aliphatic carbocycles. The normalized spacial score (nSPS) is 16.9. The van der Waals surface area contributed by atoms with Gasteiger partial charge in [-0.25, -0.2) is 8.93 Å². The summed E-state index contributed by atoms with van der Waals surface area (Å²) in [5.74, 6) is 0.252. The molecule has 1 saturated heterocycles. The number of nitrogens with one attached hydrogen (secondary N) is 1. The van der Waals surface area contributed by atoms with E-state index in [1.54, 1.807) is 26.2 Å². The van der Waals surface area contributed by atoms with Crippen molar-refractivity contribution in [3.63, 3.8) is 0 Å². The van der Waals surface area contributed by atoms with Gasteiger partial charge in [0.25, 0.3) is 5.91 Å². The summed E-state index contributed by atoms with van der Waals surface area (Å²) in [4.78, 5) is 29.1. The second kappa shape index (κ2) is 9.10. The standard InChI is InChI=1S/C22H31N3O5S/c1-14(23-31(28)22(2,3)4)16-11-15(21(27)24(5)6)12-17-18(26)13-19(30-20(16)17)25-7-9-29-10-8-25/h11-14,23H,7-10H2,1-6H3. The van der Waals surface area contributed by atoms with Gasteiger partial charge < -0.3 is 19.0 Å². The lowest BCUT2D eigenvalue weighted by atomic mass is 10.0. The third-order valence-electron chi connectivity index (χ3n) is 5.13. The molecule has 0 radical (unpaired) electrons. The van der Waals surface area contributed by atoms with E-state index in [-0.39, 0.29) is 11.3 Å². The van der Waals surface area contributed by atoms with E-state index in [0.717, 1.165) is 0 Å². The molecule has 9 heteroatoms. The molecule has 8 nitrogen and oxygen atoms in total. The topological polar surface area (TPSA) is 92.1 Å². The van der Waals surface area contributed by atoms with E-state index in [9.17, 15) is 13.8 Å². The van der Waals surface area contributed by atoms with Crippen LogP contribution in [0.3, 0.4) is 0 Å². The Morgan fingerprint density at radius 1 is 1.19 bits per heavy atom. The van der Waals surface area contributed by atoms with Gasteiger partial charge in [-0.2, -0.15) is 0 Å². The molecule has 2 aromatic rings. The molecule has 2 atom stereocenters. The number of carbonyl (C=O) groups excluding carboxylic acids is 1. The third kappa shape index (κ3) is 5.16. The second-order valence-electron chi connectivity index (χ2n) is 8.91. The maximum atomic E-state index is 13.0. The molecule has 1 N–H and O–H groups in total. The Morgan fingerprint density at radius 3 is 2.42 bits per heavy atom. The summed E-state index contributed by atoms with van der Waals surface area (Å²) >= 11 is 0. The highest BCUT2D eigenvalue weighted by Gasteiger charge is 2.25. The lowest BCUT2D eigenvalue weighted by molar-refractivity contribution is 0.0827. The number of hydrogen-bond donors (Lipinski definition) is 1. The summed E-state index contributed by atoms with van der Waals surface area (Å²) in [6.07, 6.45) is 0. The molecule has 0 saturated carbocycles. The molecule has 0 bridgehead atoms. The van der Waals surface area contributed by atoms with Crippen LogP contribution in [-0.4, -0.2) is 60.2 Å². The summed E-state index contributed by atoms with van der Waals surface area (Å²) in [5, 5.41) is 0.329. The van der Waals surface area contributed by atoms with Crippen molar-refractivity contribution in [1.29, 1.82) is 0 Å². The first-order chi connectivity index (χ1) is 14.5. The Bertz CT molecular complexity index is 1050. The first-order valence-corrected chi connectivity index (χ1v) is 11.5. The maximum Gasteiger partial charge on any atom is 0.253 e. The largest absolute Gasteiger partial charge is 0.440 e. The molecule has 1 aliphatic rings. The molecular formula is C22H31N3O5S. The van der Waals surface area contributed by atoms with Crippen LogP contribution in [-0.2, 0) is 15.7 Å². The van der Waals surface area contributed by atoms with Crippen molar-refractivity contribution in [3.8, 4) is 0 Å². The molecule has 1 amide bonds. The summed E-state index contributed by atoms with van der Waals surface area (Å²) in [6.45, 7) is 9.87. The first kappa shape index (κ1) is 23.4. The highest BCUT2D eigenvalue weighted by molar-refractivity contribution is 7.84. The Hall–Kier alpha value is -2.23. The summed E-state index contributed by atoms with van der Waals surface area (Å²) in [5.41, 5.74) is 1.18. The van der Waals surface area contributed by atoms with Gasteiger partial charge in [-0.3, -0.25) is 9.59 Å². The van der Waals surface area contributed by atoms with Crippen LogP contribution in [0.5, 0.6) is 0 Å². The van der Waals surface area contributed by atoms with E-state index in [4.69, 9.17) is 9.15 Å². The predicted octanol–water partition coefficient (Wildman–Crippen LogP) is 2.44. The second-order valence-corrected chi connectivity index (χ2v) is 10.9. The lowest BCUT2D eigenvalue weighted by Crippen LogP contribution is -2.36. The van der Waals surface area contributed by atoms with Crippen molar-refractivity contribution in [2.45, 2.75) is 38.5 Å². The molecule has 1 aromatic carbocycles. The zero-order valence-electron chi connectivity index (χ0n) is 19.0. The van der Waals surface area contributed by atoms with Crippen molar-refractivity contribution in [2.24, 2.45) is 0 Å². The number of hydrogen-bond acceptors (Lipinski definition) is 6. The Balaban J connectivity index is 2.17. The third-order valence-corrected chi connectivity index (χ3v) is 6.81. The van der Waals surface area contributed by atoms with Crippen LogP contribution < -0.4 is 15.1 Å². The van der Waals surface area contributed by atoms with Gasteiger partial charge in [0.2, 0.25) is 0 Å². The first-order valence-electron chi connectivity index (χ1n) is 10.3. The van der Waals surface area contributed by atoms with Gasteiger partial charge in [0, 0.05) is 50.4 Å². The lowest BCUT2D eigenvalue weighted by Gasteiger charge is -2.28. The fraction of sp³-hybridized carbons (Fsp3) is 0.545. The van der Waals surface area contributed by atoms with Crippen molar-refractivity contribution < 1.29 is 18.2 Å². The number of anilines is 1. The monoisotopic (exact) mass is 449 g/mol. The minimum Gasteiger partial charge on any atom is -0.440 e. The summed E-state index contributed by atoms with van der Waals surface area (Å²) in [7, 11) is 1.97. The minimum atomic E-state index is -1.34. The number of morpholine rings is 1. The fourth-order valence-electron chi connectivity index (χ4n) is 3.32. The van der Waals surface area contributed by atoms with Crippen molar-refractivity contribution in [1.82, 2.24) is 9.62 Å². The number of fused-ring (bicyclic) bond motifs is 1. The number of carbonyl (C=O) groups is 1. The number of nitrogens with zero attached hydrogens (tertiary/aromatic N) is 2. The molecule has 31 heavy (non-hydrogen) atoms. The van der Waals surface area contributed by atoms with Crippen LogP contribution in [0.2, 0.25) is 0 Å². The highest BCUT2D eigenvalue weighted by Crippen LogP contribution is 2.29.